The van der Waals surface area contributed by atoms with Crippen molar-refractivity contribution in [3.05, 3.63) is 18.1 Å². The van der Waals surface area contributed by atoms with E-state index in [1.165, 1.54) is 0 Å². The van der Waals surface area contributed by atoms with Gasteiger partial charge in [-0.1, -0.05) is 12.8 Å². The summed E-state index contributed by atoms with van der Waals surface area (Å²) in [4.78, 5) is 21.5. The molecule has 2 aliphatic heterocycles. The molecule has 2 aromatic rings. The van der Waals surface area contributed by atoms with Gasteiger partial charge in [0, 0.05) is 13.6 Å². The first-order valence-corrected chi connectivity index (χ1v) is 9.69. The van der Waals surface area contributed by atoms with Crippen molar-refractivity contribution in [2.75, 3.05) is 18.9 Å². The molecule has 29 heavy (non-hydrogen) atoms. The Labute approximate surface area is 169 Å². The minimum Gasteiger partial charge on any atom is -0.383 e. The number of likely N-dealkylation sites (N-methyl/N-ethyl adjacent to an activating group) is 1. The molecular formula is C20H25N5O4. The van der Waals surface area contributed by atoms with Crippen LogP contribution in [-0.2, 0) is 19.0 Å². The number of terminal acetylenes is 1. The lowest BCUT2D eigenvalue weighted by atomic mass is 10.1. The highest BCUT2D eigenvalue weighted by atomic mass is 16.8. The van der Waals surface area contributed by atoms with Crippen molar-refractivity contribution >= 4 is 22.8 Å². The normalized spacial score (nSPS) is 27.6. The predicted molar refractivity (Wildman–Crippen MR) is 106 cm³/mol. The molecule has 0 unspecified atom stereocenters. The third-order valence-electron chi connectivity index (χ3n) is 5.05. The molecule has 0 saturated carbocycles. The number of carbonyl (C=O) groups excluding carboxylic acids is 1. The summed E-state index contributed by atoms with van der Waals surface area (Å²) in [6.45, 7) is 6.49. The number of pyridine rings is 1. The number of carbonyl (C=O) groups is 1. The maximum absolute atomic E-state index is 12.4. The van der Waals surface area contributed by atoms with E-state index in [9.17, 15) is 4.79 Å². The molecule has 1 amide bonds. The summed E-state index contributed by atoms with van der Waals surface area (Å²) in [5, 5.41) is 5.96. The van der Waals surface area contributed by atoms with Crippen molar-refractivity contribution < 1.29 is 19.0 Å². The molecule has 2 saturated heterocycles. The maximum atomic E-state index is 12.4. The lowest BCUT2D eigenvalue weighted by Gasteiger charge is -2.24. The summed E-state index contributed by atoms with van der Waals surface area (Å²) in [5.41, 5.74) is 2.54. The van der Waals surface area contributed by atoms with E-state index >= 15 is 0 Å². The molecule has 0 spiro atoms. The summed E-state index contributed by atoms with van der Waals surface area (Å²) in [5.74, 6) is 1.49. The summed E-state index contributed by atoms with van der Waals surface area (Å²) < 4.78 is 19.9. The van der Waals surface area contributed by atoms with Gasteiger partial charge in [0.05, 0.1) is 12.0 Å². The van der Waals surface area contributed by atoms with E-state index < -0.39 is 30.3 Å². The number of ether oxygens (including phenoxy) is 3. The minimum atomic E-state index is -0.828. The van der Waals surface area contributed by atoms with Crippen molar-refractivity contribution in [1.82, 2.24) is 19.9 Å². The number of nitrogens with one attached hydrogen (secondary N) is 2. The molecule has 0 bridgehead atoms. The highest BCUT2D eigenvalue weighted by Gasteiger charge is 2.58. The first kappa shape index (κ1) is 19.6. The minimum absolute atomic E-state index is 0.268. The molecule has 2 N–H and O–H groups in total. The SMILES string of the molecule is C#Cc1cc(NCCC)c2ncn([C@@H]3O[C@H](C(=O)NC)[C@H]4OC(C)(C)O[C@H]43)c2n1. The molecule has 2 fully saturated rings. The van der Waals surface area contributed by atoms with E-state index in [0.717, 1.165) is 18.7 Å². The topological polar surface area (TPSA) is 99.5 Å². The fourth-order valence-corrected chi connectivity index (χ4v) is 3.82. The third-order valence-corrected chi connectivity index (χ3v) is 5.05. The molecule has 4 atom stereocenters. The number of hydrogen-bond acceptors (Lipinski definition) is 7. The zero-order valence-corrected chi connectivity index (χ0v) is 16.9. The smallest absolute Gasteiger partial charge is 0.251 e. The Balaban J connectivity index is 1.78. The molecule has 0 radical (unpaired) electrons. The van der Waals surface area contributed by atoms with Gasteiger partial charge < -0.3 is 24.8 Å². The Morgan fingerprint density at radius 1 is 1.38 bits per heavy atom. The molecular weight excluding hydrogens is 374 g/mol. The first-order valence-electron chi connectivity index (χ1n) is 9.69. The number of nitrogens with zero attached hydrogens (tertiary/aromatic N) is 3. The lowest BCUT2D eigenvalue weighted by molar-refractivity contribution is -0.197. The number of imidazole rings is 1. The van der Waals surface area contributed by atoms with Crippen molar-refractivity contribution in [3.63, 3.8) is 0 Å². The van der Waals surface area contributed by atoms with Crippen LogP contribution >= 0.6 is 0 Å². The van der Waals surface area contributed by atoms with Crippen LogP contribution in [0.3, 0.4) is 0 Å². The first-order chi connectivity index (χ1) is 13.9. The van der Waals surface area contributed by atoms with E-state index in [1.54, 1.807) is 24.0 Å². The highest BCUT2D eigenvalue weighted by molar-refractivity contribution is 5.86. The van der Waals surface area contributed by atoms with Crippen LogP contribution in [0.25, 0.3) is 11.2 Å². The van der Waals surface area contributed by atoms with Gasteiger partial charge >= 0.3 is 0 Å². The van der Waals surface area contributed by atoms with Gasteiger partial charge in [-0.2, -0.15) is 0 Å². The van der Waals surface area contributed by atoms with Gasteiger partial charge in [-0.05, 0) is 26.3 Å². The van der Waals surface area contributed by atoms with Gasteiger partial charge in [-0.3, -0.25) is 9.36 Å². The largest absolute Gasteiger partial charge is 0.383 e. The van der Waals surface area contributed by atoms with Crippen LogP contribution in [-0.4, -0.2) is 58.1 Å². The maximum Gasteiger partial charge on any atom is 0.251 e. The second kappa shape index (κ2) is 7.30. The Bertz CT molecular complexity index is 979. The Hall–Kier alpha value is -2.67. The average Bonchev–Trinajstić information content (AvgIpc) is 3.35. The van der Waals surface area contributed by atoms with Crippen molar-refractivity contribution in [3.8, 4) is 12.3 Å². The molecule has 154 valence electrons. The van der Waals surface area contributed by atoms with Crippen LogP contribution in [0.2, 0.25) is 0 Å². The molecule has 9 nitrogen and oxygen atoms in total. The van der Waals surface area contributed by atoms with Crippen LogP contribution in [0.5, 0.6) is 0 Å². The van der Waals surface area contributed by atoms with E-state index in [0.29, 0.717) is 16.9 Å². The van der Waals surface area contributed by atoms with Crippen LogP contribution < -0.4 is 10.6 Å². The molecule has 4 heterocycles. The van der Waals surface area contributed by atoms with Gasteiger partial charge in [0.1, 0.15) is 23.4 Å². The molecule has 0 aromatic carbocycles. The summed E-state index contributed by atoms with van der Waals surface area (Å²) in [6.07, 6.45) is 5.74. The lowest BCUT2D eigenvalue weighted by Crippen LogP contribution is -2.41. The molecule has 2 aliphatic rings. The standard InChI is InChI=1S/C20H25N5O4/c1-6-8-22-12-9-11(7-2)24-17-13(12)23-10-25(17)19-16-14(28-20(3,4)29-16)15(27-19)18(26)21-5/h2,9-10,14-16,19H,6,8H2,1,3-5H3,(H,21,26)(H,22,24)/t14-,15+,16-,19-/m1/s1. The van der Waals surface area contributed by atoms with Crippen molar-refractivity contribution in [2.45, 2.75) is 57.5 Å². The molecule has 2 aromatic heterocycles. The van der Waals surface area contributed by atoms with Gasteiger partial charge in [0.2, 0.25) is 0 Å². The van der Waals surface area contributed by atoms with Crippen LogP contribution in [0.4, 0.5) is 5.69 Å². The molecule has 0 aliphatic carbocycles. The summed E-state index contributed by atoms with van der Waals surface area (Å²) in [7, 11) is 1.56. The van der Waals surface area contributed by atoms with Crippen molar-refractivity contribution in [2.24, 2.45) is 0 Å². The monoisotopic (exact) mass is 399 g/mol. The van der Waals surface area contributed by atoms with Gasteiger partial charge in [-0.15, -0.1) is 6.42 Å². The van der Waals surface area contributed by atoms with E-state index in [1.807, 2.05) is 13.8 Å². The fraction of sp³-hybridized carbons (Fsp3) is 0.550. The number of fused-ring (bicyclic) bond motifs is 2. The van der Waals surface area contributed by atoms with E-state index in [4.69, 9.17) is 20.6 Å². The van der Waals surface area contributed by atoms with Crippen LogP contribution in [0.1, 0.15) is 39.1 Å². The van der Waals surface area contributed by atoms with Gasteiger partial charge in [0.15, 0.2) is 23.8 Å². The van der Waals surface area contributed by atoms with Crippen LogP contribution in [0, 0.1) is 12.3 Å². The quantitative estimate of drug-likeness (QED) is 0.733. The number of anilines is 1. The number of rotatable bonds is 5. The average molecular weight is 399 g/mol. The third kappa shape index (κ3) is 3.33. The van der Waals surface area contributed by atoms with Gasteiger partial charge in [0.25, 0.3) is 5.91 Å². The molecule has 4 rings (SSSR count). The number of amides is 1. The molecule has 9 heteroatoms. The second-order valence-electron chi connectivity index (χ2n) is 7.58. The zero-order valence-electron chi connectivity index (χ0n) is 16.9. The van der Waals surface area contributed by atoms with Crippen LogP contribution in [0.15, 0.2) is 12.4 Å². The van der Waals surface area contributed by atoms with Crippen molar-refractivity contribution in [1.29, 1.82) is 0 Å². The van der Waals surface area contributed by atoms with Gasteiger partial charge in [-0.25, -0.2) is 9.97 Å². The van der Waals surface area contributed by atoms with E-state index in [2.05, 4.69) is 33.4 Å². The number of hydrogen-bond donors (Lipinski definition) is 2. The Morgan fingerprint density at radius 3 is 2.83 bits per heavy atom. The fourth-order valence-electron chi connectivity index (χ4n) is 3.82. The zero-order chi connectivity index (χ0) is 20.8. The Kier molecular flexibility index (Phi) is 4.94. The summed E-state index contributed by atoms with van der Waals surface area (Å²) in [6, 6.07) is 1.80. The van der Waals surface area contributed by atoms with E-state index in [-0.39, 0.29) is 5.91 Å². The Morgan fingerprint density at radius 2 is 2.14 bits per heavy atom. The second-order valence-corrected chi connectivity index (χ2v) is 7.58. The number of aromatic nitrogens is 3. The summed E-state index contributed by atoms with van der Waals surface area (Å²) >= 11 is 0. The predicted octanol–water partition coefficient (Wildman–Crippen LogP) is 1.40. The highest BCUT2D eigenvalue weighted by Crippen LogP contribution is 2.44.